The number of aromatic nitrogens is 2. The maximum Gasteiger partial charge on any atom is 0.0541 e. The van der Waals surface area contributed by atoms with Crippen LogP contribution in [0.1, 0.15) is 64.1 Å². The van der Waals surface area contributed by atoms with E-state index in [1.807, 2.05) is 6.20 Å². The topological polar surface area (TPSA) is 17.8 Å². The molecule has 3 unspecified atom stereocenters. The summed E-state index contributed by atoms with van der Waals surface area (Å²) in [7, 11) is 0. The molecule has 0 saturated heterocycles. The highest BCUT2D eigenvalue weighted by molar-refractivity contribution is 6.09. The average molecular weight is 679 g/mol. The molecule has 0 radical (unpaired) electrons. The van der Waals surface area contributed by atoms with E-state index in [1.165, 1.54) is 94.3 Å². The Balaban J connectivity index is 0.939. The number of nitrogens with zero attached hydrogens (tertiary/aromatic N) is 2. The van der Waals surface area contributed by atoms with Gasteiger partial charge < -0.3 is 4.57 Å². The number of benzene rings is 6. The SMILES string of the molecule is CC1C=CC=C(c2ccc3c(c2)-c2ccncc2C3Cc2ccc(C3c4ccccc4-c4cc(-n5c6ccccc6c6ccccc65)ccc43)cc2)C1. The number of fused-ring (bicyclic) bond motifs is 9. The third-order valence-electron chi connectivity index (χ3n) is 12.1. The van der Waals surface area contributed by atoms with E-state index in [-0.39, 0.29) is 5.92 Å². The molecule has 2 heteroatoms. The van der Waals surface area contributed by atoms with Crippen LogP contribution in [-0.2, 0) is 6.42 Å². The van der Waals surface area contributed by atoms with Crippen molar-refractivity contribution in [2.75, 3.05) is 0 Å². The molecular weight excluding hydrogens is 641 g/mol. The molecule has 3 aliphatic rings. The van der Waals surface area contributed by atoms with Crippen LogP contribution in [-0.4, -0.2) is 9.55 Å². The first kappa shape index (κ1) is 30.4. The molecule has 3 aliphatic carbocycles. The lowest BCUT2D eigenvalue weighted by Gasteiger charge is -2.18. The summed E-state index contributed by atoms with van der Waals surface area (Å²) in [5.41, 5.74) is 20.0. The fraction of sp³-hybridized carbons (Fsp3) is 0.118. The molecule has 6 aromatic carbocycles. The Kier molecular flexibility index (Phi) is 6.82. The summed E-state index contributed by atoms with van der Waals surface area (Å²) in [6, 6.07) is 52.5. The summed E-state index contributed by atoms with van der Waals surface area (Å²) >= 11 is 0. The van der Waals surface area contributed by atoms with Gasteiger partial charge in [0.2, 0.25) is 0 Å². The van der Waals surface area contributed by atoms with Crippen molar-refractivity contribution in [2.24, 2.45) is 5.92 Å². The van der Waals surface area contributed by atoms with Crippen LogP contribution in [0.25, 0.3) is 55.3 Å². The zero-order chi connectivity index (χ0) is 35.0. The molecule has 11 rings (SSSR count). The molecular formula is C51H38N2. The van der Waals surface area contributed by atoms with E-state index in [0.29, 0.717) is 11.8 Å². The van der Waals surface area contributed by atoms with Gasteiger partial charge in [0.25, 0.3) is 0 Å². The van der Waals surface area contributed by atoms with E-state index in [0.717, 1.165) is 12.8 Å². The van der Waals surface area contributed by atoms with Gasteiger partial charge in [-0.15, -0.1) is 0 Å². The van der Waals surface area contributed by atoms with Crippen LogP contribution in [0.5, 0.6) is 0 Å². The maximum absolute atomic E-state index is 4.59. The molecule has 3 atom stereocenters. The lowest BCUT2D eigenvalue weighted by atomic mass is 9.86. The van der Waals surface area contributed by atoms with E-state index < -0.39 is 0 Å². The average Bonchev–Trinajstić information content (AvgIpc) is 3.84. The van der Waals surface area contributed by atoms with E-state index in [9.17, 15) is 0 Å². The van der Waals surface area contributed by atoms with Crippen molar-refractivity contribution in [1.82, 2.24) is 9.55 Å². The van der Waals surface area contributed by atoms with Crippen LogP contribution >= 0.6 is 0 Å². The predicted octanol–water partition coefficient (Wildman–Crippen LogP) is 12.7. The lowest BCUT2D eigenvalue weighted by molar-refractivity contribution is 0.749. The van der Waals surface area contributed by atoms with Gasteiger partial charge >= 0.3 is 0 Å². The Morgan fingerprint density at radius 2 is 1.32 bits per heavy atom. The zero-order valence-electron chi connectivity index (χ0n) is 29.7. The van der Waals surface area contributed by atoms with Crippen LogP contribution in [0.2, 0.25) is 0 Å². The van der Waals surface area contributed by atoms with Crippen molar-refractivity contribution >= 4 is 27.4 Å². The minimum absolute atomic E-state index is 0.199. The Labute approximate surface area is 310 Å². The molecule has 53 heavy (non-hydrogen) atoms. The molecule has 0 N–H and O–H groups in total. The molecule has 2 aromatic heterocycles. The summed E-state index contributed by atoms with van der Waals surface area (Å²) in [5, 5.41) is 2.58. The van der Waals surface area contributed by atoms with E-state index >= 15 is 0 Å². The van der Waals surface area contributed by atoms with E-state index in [2.05, 4.69) is 180 Å². The second-order valence-corrected chi connectivity index (χ2v) is 15.2. The van der Waals surface area contributed by atoms with Gasteiger partial charge in [-0.3, -0.25) is 4.98 Å². The van der Waals surface area contributed by atoms with Gasteiger partial charge in [0.1, 0.15) is 0 Å². The van der Waals surface area contributed by atoms with Gasteiger partial charge in [0.15, 0.2) is 0 Å². The van der Waals surface area contributed by atoms with Crippen LogP contribution in [0.15, 0.2) is 170 Å². The molecule has 0 bridgehead atoms. The standard InChI is InChI=1S/C51H38N2/c1-32-9-8-10-35(27-32)36-21-23-39-45(48-31-52-26-25-40(48)46(39)29-36)28-33-17-19-34(20-18-33)51-43-14-3-2-11-38(43)47-30-37(22-24-44(47)51)53-49-15-6-4-12-41(49)42-13-5-7-16-50(42)53/h2-26,29-32,45,51H,27-28H2,1H3. The number of pyridine rings is 1. The molecule has 252 valence electrons. The predicted molar refractivity (Wildman–Crippen MR) is 220 cm³/mol. The Hall–Kier alpha value is -6.25. The molecule has 2 nitrogen and oxygen atoms in total. The van der Waals surface area contributed by atoms with Crippen molar-refractivity contribution in [3.8, 4) is 27.9 Å². The largest absolute Gasteiger partial charge is 0.309 e. The first-order valence-electron chi connectivity index (χ1n) is 19.0. The Bertz CT molecular complexity index is 2760. The lowest BCUT2D eigenvalue weighted by Crippen LogP contribution is -2.04. The first-order valence-corrected chi connectivity index (χ1v) is 19.0. The molecule has 0 amide bonds. The minimum Gasteiger partial charge on any atom is -0.309 e. The van der Waals surface area contributed by atoms with Crippen LogP contribution in [0.3, 0.4) is 0 Å². The fourth-order valence-electron chi connectivity index (χ4n) is 9.64. The fourth-order valence-corrected chi connectivity index (χ4v) is 9.64. The Morgan fingerprint density at radius 1 is 0.623 bits per heavy atom. The van der Waals surface area contributed by atoms with Crippen molar-refractivity contribution < 1.29 is 0 Å². The second-order valence-electron chi connectivity index (χ2n) is 15.2. The van der Waals surface area contributed by atoms with Crippen LogP contribution in [0.4, 0.5) is 0 Å². The molecule has 0 aliphatic heterocycles. The van der Waals surface area contributed by atoms with Gasteiger partial charge in [-0.25, -0.2) is 0 Å². The second kappa shape index (κ2) is 11.9. The molecule has 0 saturated carbocycles. The van der Waals surface area contributed by atoms with Gasteiger partial charge in [0, 0.05) is 40.7 Å². The van der Waals surface area contributed by atoms with Crippen LogP contribution < -0.4 is 0 Å². The number of rotatable bonds is 5. The third-order valence-corrected chi connectivity index (χ3v) is 12.1. The van der Waals surface area contributed by atoms with Gasteiger partial charge in [-0.2, -0.15) is 0 Å². The smallest absolute Gasteiger partial charge is 0.0541 e. The van der Waals surface area contributed by atoms with Gasteiger partial charge in [0.05, 0.1) is 11.0 Å². The summed E-state index contributed by atoms with van der Waals surface area (Å²) in [6.07, 6.45) is 12.9. The highest BCUT2D eigenvalue weighted by Gasteiger charge is 2.32. The maximum atomic E-state index is 4.59. The van der Waals surface area contributed by atoms with E-state index in [4.69, 9.17) is 0 Å². The Morgan fingerprint density at radius 3 is 2.13 bits per heavy atom. The zero-order valence-corrected chi connectivity index (χ0v) is 29.7. The molecule has 2 heterocycles. The highest BCUT2D eigenvalue weighted by Crippen LogP contribution is 2.50. The number of allylic oxidation sites excluding steroid dienone is 4. The quantitative estimate of drug-likeness (QED) is 0.177. The summed E-state index contributed by atoms with van der Waals surface area (Å²) < 4.78 is 2.43. The monoisotopic (exact) mass is 678 g/mol. The third kappa shape index (κ3) is 4.75. The van der Waals surface area contributed by atoms with Crippen molar-refractivity contribution in [3.05, 3.63) is 209 Å². The molecule has 0 spiro atoms. The number of para-hydroxylation sites is 2. The van der Waals surface area contributed by atoms with Gasteiger partial charge in [-0.1, -0.05) is 128 Å². The summed E-state index contributed by atoms with van der Waals surface area (Å²) in [6.45, 7) is 2.30. The summed E-state index contributed by atoms with van der Waals surface area (Å²) in [4.78, 5) is 4.59. The molecule has 8 aromatic rings. The van der Waals surface area contributed by atoms with Crippen molar-refractivity contribution in [2.45, 2.75) is 31.6 Å². The number of hydrogen-bond donors (Lipinski definition) is 0. The normalized spacial score (nSPS) is 18.1. The van der Waals surface area contributed by atoms with Gasteiger partial charge in [-0.05, 0) is 122 Å². The van der Waals surface area contributed by atoms with Crippen LogP contribution in [0, 0.1) is 5.92 Å². The summed E-state index contributed by atoms with van der Waals surface area (Å²) in [5.74, 6) is 1.06. The highest BCUT2D eigenvalue weighted by atomic mass is 15.0. The van der Waals surface area contributed by atoms with E-state index in [1.54, 1.807) is 0 Å². The first-order chi connectivity index (χ1) is 26.2. The minimum atomic E-state index is 0.199. The van der Waals surface area contributed by atoms with Crippen molar-refractivity contribution in [1.29, 1.82) is 0 Å². The number of hydrogen-bond acceptors (Lipinski definition) is 1. The van der Waals surface area contributed by atoms with Crippen molar-refractivity contribution in [3.63, 3.8) is 0 Å². The molecule has 0 fully saturated rings.